The molecule has 1 aliphatic carbocycles. The quantitative estimate of drug-likeness (QED) is 0.929. The summed E-state index contributed by atoms with van der Waals surface area (Å²) >= 11 is 1.22. The molecule has 0 amide bonds. The molecular weight excluding hydrogens is 294 g/mol. The van der Waals surface area contributed by atoms with E-state index >= 15 is 0 Å². The first-order valence-corrected chi connectivity index (χ1v) is 9.65. The van der Waals surface area contributed by atoms with Gasteiger partial charge in [-0.05, 0) is 48.6 Å². The van der Waals surface area contributed by atoms with Gasteiger partial charge in [0.1, 0.15) is 4.21 Å². The lowest BCUT2D eigenvalue weighted by molar-refractivity contribution is 0.282. The molecule has 2 aliphatic rings. The summed E-state index contributed by atoms with van der Waals surface area (Å²) in [5.74, 6) is 0.546. The molecule has 6 heteroatoms. The van der Waals surface area contributed by atoms with Crippen LogP contribution in [0.1, 0.15) is 44.1 Å². The molecule has 1 N–H and O–H groups in total. The topological polar surface area (TPSA) is 57.6 Å². The standard InChI is InChI=1S/C14H21NO3S2/c16-9-11-8-14(19-10-11)20(17,18)15-7-3-6-13(15)12-4-1-2-5-12/h8,10,12-13,16H,1-7,9H2. The molecule has 112 valence electrons. The fourth-order valence-corrected chi connectivity index (χ4v) is 6.65. The monoisotopic (exact) mass is 315 g/mol. The van der Waals surface area contributed by atoms with Crippen LogP contribution < -0.4 is 0 Å². The summed E-state index contributed by atoms with van der Waals surface area (Å²) in [6.45, 7) is 0.550. The van der Waals surface area contributed by atoms with Crippen LogP contribution in [0.25, 0.3) is 0 Å². The molecule has 0 bridgehead atoms. The summed E-state index contributed by atoms with van der Waals surface area (Å²) in [7, 11) is -3.37. The molecule has 2 heterocycles. The van der Waals surface area contributed by atoms with Gasteiger partial charge in [0, 0.05) is 12.6 Å². The Bertz CT molecular complexity index is 561. The van der Waals surface area contributed by atoms with Gasteiger partial charge in [-0.1, -0.05) is 12.8 Å². The van der Waals surface area contributed by atoms with Crippen LogP contribution in [-0.4, -0.2) is 30.4 Å². The minimum Gasteiger partial charge on any atom is -0.392 e. The molecule has 20 heavy (non-hydrogen) atoms. The average Bonchev–Trinajstić information content (AvgIpc) is 3.17. The SMILES string of the molecule is O=S(=O)(c1cc(CO)cs1)N1CCCC1C1CCCC1. The molecule has 0 aromatic carbocycles. The average molecular weight is 315 g/mol. The highest BCUT2D eigenvalue weighted by Crippen LogP contribution is 2.38. The summed E-state index contributed by atoms with van der Waals surface area (Å²) in [6, 6.07) is 1.81. The lowest BCUT2D eigenvalue weighted by Crippen LogP contribution is -2.39. The Balaban J connectivity index is 1.85. The zero-order valence-electron chi connectivity index (χ0n) is 11.5. The van der Waals surface area contributed by atoms with E-state index in [1.54, 1.807) is 15.8 Å². The first kappa shape index (κ1) is 14.5. The van der Waals surface area contributed by atoms with Gasteiger partial charge in [-0.3, -0.25) is 0 Å². The Kier molecular flexibility index (Phi) is 4.17. The van der Waals surface area contributed by atoms with Crippen molar-refractivity contribution < 1.29 is 13.5 Å². The molecule has 1 aliphatic heterocycles. The van der Waals surface area contributed by atoms with Crippen LogP contribution >= 0.6 is 11.3 Å². The second kappa shape index (κ2) is 5.75. The maximum atomic E-state index is 12.8. The van der Waals surface area contributed by atoms with Gasteiger partial charge in [-0.25, -0.2) is 8.42 Å². The molecule has 1 aromatic rings. The van der Waals surface area contributed by atoms with Crippen molar-refractivity contribution in [3.63, 3.8) is 0 Å². The lowest BCUT2D eigenvalue weighted by Gasteiger charge is -2.28. The molecule has 0 spiro atoms. The third kappa shape index (κ3) is 2.54. The van der Waals surface area contributed by atoms with E-state index in [4.69, 9.17) is 5.11 Å². The number of hydrogen-bond acceptors (Lipinski definition) is 4. The van der Waals surface area contributed by atoms with E-state index in [9.17, 15) is 8.42 Å². The highest BCUT2D eigenvalue weighted by molar-refractivity contribution is 7.91. The normalized spacial score (nSPS) is 25.6. The van der Waals surface area contributed by atoms with Gasteiger partial charge >= 0.3 is 0 Å². The van der Waals surface area contributed by atoms with Crippen molar-refractivity contribution in [3.8, 4) is 0 Å². The second-order valence-corrected chi connectivity index (χ2v) is 8.83. The molecule has 1 aromatic heterocycles. The maximum absolute atomic E-state index is 12.8. The van der Waals surface area contributed by atoms with Gasteiger partial charge in [-0.15, -0.1) is 11.3 Å². The Labute approximate surface area is 124 Å². The number of aliphatic hydroxyl groups is 1. The number of thiophene rings is 1. The summed E-state index contributed by atoms with van der Waals surface area (Å²) in [6.07, 6.45) is 6.79. The van der Waals surface area contributed by atoms with Crippen LogP contribution in [0.5, 0.6) is 0 Å². The van der Waals surface area contributed by atoms with Crippen LogP contribution in [-0.2, 0) is 16.6 Å². The molecular formula is C14H21NO3S2. The summed E-state index contributed by atoms with van der Waals surface area (Å²) in [4.78, 5) is 0. The zero-order chi connectivity index (χ0) is 14.2. The van der Waals surface area contributed by atoms with Crippen molar-refractivity contribution in [1.29, 1.82) is 0 Å². The third-order valence-electron chi connectivity index (χ3n) is 4.57. The van der Waals surface area contributed by atoms with Gasteiger partial charge < -0.3 is 5.11 Å². The van der Waals surface area contributed by atoms with Gasteiger partial charge in [0.05, 0.1) is 6.61 Å². The molecule has 2 fully saturated rings. The fraction of sp³-hybridized carbons (Fsp3) is 0.714. The minimum atomic E-state index is -3.37. The molecule has 1 unspecified atom stereocenters. The van der Waals surface area contributed by atoms with Gasteiger partial charge in [0.25, 0.3) is 10.0 Å². The molecule has 1 saturated heterocycles. The van der Waals surface area contributed by atoms with E-state index in [0.29, 0.717) is 22.2 Å². The van der Waals surface area contributed by atoms with Crippen molar-refractivity contribution in [2.24, 2.45) is 5.92 Å². The van der Waals surface area contributed by atoms with E-state index in [1.165, 1.54) is 37.0 Å². The molecule has 3 rings (SSSR count). The molecule has 4 nitrogen and oxygen atoms in total. The van der Waals surface area contributed by atoms with Crippen LogP contribution in [0.3, 0.4) is 0 Å². The number of rotatable bonds is 4. The van der Waals surface area contributed by atoms with Crippen molar-refractivity contribution in [3.05, 3.63) is 17.0 Å². The van der Waals surface area contributed by atoms with Crippen molar-refractivity contribution in [1.82, 2.24) is 4.31 Å². The highest BCUT2D eigenvalue weighted by Gasteiger charge is 2.40. The van der Waals surface area contributed by atoms with E-state index in [1.807, 2.05) is 0 Å². The van der Waals surface area contributed by atoms with Crippen molar-refractivity contribution in [2.75, 3.05) is 6.54 Å². The van der Waals surface area contributed by atoms with Crippen LogP contribution in [0.2, 0.25) is 0 Å². The van der Waals surface area contributed by atoms with Crippen molar-refractivity contribution in [2.45, 2.75) is 55.4 Å². The number of nitrogens with zero attached hydrogens (tertiary/aromatic N) is 1. The Morgan fingerprint density at radius 1 is 1.25 bits per heavy atom. The van der Waals surface area contributed by atoms with Crippen molar-refractivity contribution >= 4 is 21.4 Å². The second-order valence-electron chi connectivity index (χ2n) is 5.80. The van der Waals surface area contributed by atoms with E-state index in [0.717, 1.165) is 12.8 Å². The number of sulfonamides is 1. The maximum Gasteiger partial charge on any atom is 0.252 e. The lowest BCUT2D eigenvalue weighted by atomic mass is 9.97. The number of hydrogen-bond donors (Lipinski definition) is 1. The smallest absolute Gasteiger partial charge is 0.252 e. The van der Waals surface area contributed by atoms with Gasteiger partial charge in [0.2, 0.25) is 0 Å². The van der Waals surface area contributed by atoms with E-state index < -0.39 is 10.0 Å². The largest absolute Gasteiger partial charge is 0.392 e. The third-order valence-corrected chi connectivity index (χ3v) is 7.96. The summed E-state index contributed by atoms with van der Waals surface area (Å²) in [5.41, 5.74) is 0.685. The minimum absolute atomic E-state index is 0.0991. The predicted molar refractivity (Wildman–Crippen MR) is 79.1 cm³/mol. The molecule has 0 radical (unpaired) electrons. The zero-order valence-corrected chi connectivity index (χ0v) is 13.1. The first-order valence-electron chi connectivity index (χ1n) is 7.33. The highest BCUT2D eigenvalue weighted by atomic mass is 32.2. The van der Waals surface area contributed by atoms with Crippen LogP contribution in [0.15, 0.2) is 15.7 Å². The molecule has 1 saturated carbocycles. The van der Waals surface area contributed by atoms with Crippen LogP contribution in [0.4, 0.5) is 0 Å². The van der Waals surface area contributed by atoms with Gasteiger partial charge in [0.15, 0.2) is 0 Å². The first-order chi connectivity index (χ1) is 9.63. The fourth-order valence-electron chi connectivity index (χ4n) is 3.56. The Hall–Kier alpha value is -0.430. The van der Waals surface area contributed by atoms with Gasteiger partial charge in [-0.2, -0.15) is 4.31 Å². The summed E-state index contributed by atoms with van der Waals surface area (Å²) < 4.78 is 27.7. The van der Waals surface area contributed by atoms with E-state index in [2.05, 4.69) is 0 Å². The van der Waals surface area contributed by atoms with E-state index in [-0.39, 0.29) is 12.6 Å². The Morgan fingerprint density at radius 2 is 2.00 bits per heavy atom. The number of aliphatic hydroxyl groups excluding tert-OH is 1. The predicted octanol–water partition coefficient (Wildman–Crippen LogP) is 2.58. The summed E-state index contributed by atoms with van der Waals surface area (Å²) in [5, 5.41) is 10.8. The Morgan fingerprint density at radius 3 is 2.65 bits per heavy atom. The van der Waals surface area contributed by atoms with Crippen LogP contribution in [0, 0.1) is 5.92 Å². The molecule has 1 atom stereocenters.